The van der Waals surface area contributed by atoms with E-state index in [9.17, 15) is 4.79 Å². The molecular formula is C25H25BrClNO4. The van der Waals surface area contributed by atoms with Crippen molar-refractivity contribution in [2.75, 3.05) is 31.7 Å². The fraction of sp³-hybridized carbons (Fsp3) is 0.240. The van der Waals surface area contributed by atoms with Crippen LogP contribution in [0, 0.1) is 6.92 Å². The second-order valence-electron chi connectivity index (χ2n) is 7.15. The third-order valence-electron chi connectivity index (χ3n) is 4.81. The number of ketones is 1. The van der Waals surface area contributed by atoms with E-state index in [1.807, 2.05) is 55.5 Å². The third-order valence-corrected chi connectivity index (χ3v) is 5.62. The number of aliphatic hydroxyl groups excluding tert-OH is 1. The summed E-state index contributed by atoms with van der Waals surface area (Å²) in [6, 6.07) is 18.7. The molecule has 0 saturated carbocycles. The summed E-state index contributed by atoms with van der Waals surface area (Å²) in [6.45, 7) is 3.44. The van der Waals surface area contributed by atoms with E-state index in [1.54, 1.807) is 12.1 Å². The molecule has 0 heterocycles. The minimum Gasteiger partial charge on any atom is -0.394 e. The van der Waals surface area contributed by atoms with Gasteiger partial charge in [-0.15, -0.1) is 0 Å². The average Bonchev–Trinajstić information content (AvgIpc) is 2.78. The maximum absolute atomic E-state index is 12.9. The predicted octanol–water partition coefficient (Wildman–Crippen LogP) is 5.91. The fourth-order valence-electron chi connectivity index (χ4n) is 3.18. The Kier molecular flexibility index (Phi) is 9.26. The van der Waals surface area contributed by atoms with Gasteiger partial charge in [-0.1, -0.05) is 51.8 Å². The van der Waals surface area contributed by atoms with Crippen LogP contribution in [-0.4, -0.2) is 37.3 Å². The summed E-state index contributed by atoms with van der Waals surface area (Å²) in [6.07, 6.45) is 0. The first kappa shape index (κ1) is 24.4. The molecule has 5 nitrogen and oxygen atoms in total. The van der Waals surface area contributed by atoms with Crippen molar-refractivity contribution >= 4 is 44.7 Å². The Hall–Kier alpha value is -2.22. The van der Waals surface area contributed by atoms with Crippen LogP contribution >= 0.6 is 27.5 Å². The lowest BCUT2D eigenvalue weighted by atomic mass is 9.99. The number of carbonyl (C=O) groups excluding carboxylic acids is 1. The SMILES string of the molecule is Cc1ccccc1C(=O)c1ccc(Nc2ccc(Br)cc2COCCOCCO)cc1Cl. The molecule has 2 N–H and O–H groups in total. The van der Waals surface area contributed by atoms with E-state index in [0.29, 0.717) is 42.6 Å². The topological polar surface area (TPSA) is 67.8 Å². The van der Waals surface area contributed by atoms with Crippen molar-refractivity contribution in [2.24, 2.45) is 0 Å². The predicted molar refractivity (Wildman–Crippen MR) is 131 cm³/mol. The van der Waals surface area contributed by atoms with Crippen LogP contribution in [0.15, 0.2) is 65.1 Å². The summed E-state index contributed by atoms with van der Waals surface area (Å²) < 4.78 is 11.8. The van der Waals surface area contributed by atoms with Gasteiger partial charge in [0.1, 0.15) is 0 Å². The zero-order valence-corrected chi connectivity index (χ0v) is 20.1. The summed E-state index contributed by atoms with van der Waals surface area (Å²) in [5.41, 5.74) is 4.62. The Bertz CT molecular complexity index is 1070. The second-order valence-corrected chi connectivity index (χ2v) is 8.48. The van der Waals surface area contributed by atoms with Gasteiger partial charge < -0.3 is 19.9 Å². The first-order chi connectivity index (χ1) is 15.5. The minimum atomic E-state index is -0.0965. The van der Waals surface area contributed by atoms with Gasteiger partial charge in [0.25, 0.3) is 0 Å². The zero-order chi connectivity index (χ0) is 22.9. The number of carbonyl (C=O) groups is 1. The van der Waals surface area contributed by atoms with E-state index in [2.05, 4.69) is 21.2 Å². The van der Waals surface area contributed by atoms with E-state index in [4.69, 9.17) is 26.2 Å². The maximum atomic E-state index is 12.9. The van der Waals surface area contributed by atoms with Crippen molar-refractivity contribution in [1.29, 1.82) is 0 Å². The monoisotopic (exact) mass is 517 g/mol. The molecule has 0 spiro atoms. The number of aliphatic hydroxyl groups is 1. The smallest absolute Gasteiger partial charge is 0.194 e. The Morgan fingerprint density at radius 1 is 1.00 bits per heavy atom. The molecule has 3 aromatic rings. The van der Waals surface area contributed by atoms with Crippen molar-refractivity contribution in [3.05, 3.63) is 92.4 Å². The molecule has 7 heteroatoms. The molecule has 0 saturated heterocycles. The van der Waals surface area contributed by atoms with Gasteiger partial charge in [0, 0.05) is 32.5 Å². The number of benzene rings is 3. The van der Waals surface area contributed by atoms with E-state index >= 15 is 0 Å². The number of aryl methyl sites for hydroxylation is 1. The molecule has 0 aliphatic carbocycles. The first-order valence-electron chi connectivity index (χ1n) is 10.2. The number of anilines is 2. The lowest BCUT2D eigenvalue weighted by Gasteiger charge is -2.14. The molecule has 0 fully saturated rings. The van der Waals surface area contributed by atoms with Crippen LogP contribution < -0.4 is 5.32 Å². The number of nitrogens with one attached hydrogen (secondary N) is 1. The van der Waals surface area contributed by atoms with E-state index < -0.39 is 0 Å². The highest BCUT2D eigenvalue weighted by Gasteiger charge is 2.15. The van der Waals surface area contributed by atoms with E-state index in [1.165, 1.54) is 0 Å². The molecule has 0 aromatic heterocycles. The van der Waals surface area contributed by atoms with E-state index in [-0.39, 0.29) is 12.4 Å². The van der Waals surface area contributed by atoms with Crippen molar-refractivity contribution in [3.8, 4) is 0 Å². The van der Waals surface area contributed by atoms with Crippen molar-refractivity contribution in [1.82, 2.24) is 0 Å². The molecule has 168 valence electrons. The third kappa shape index (κ3) is 6.64. The van der Waals surface area contributed by atoms with Crippen LogP contribution in [0.25, 0.3) is 0 Å². The molecule has 0 radical (unpaired) electrons. The molecule has 0 atom stereocenters. The zero-order valence-electron chi connectivity index (χ0n) is 17.7. The highest BCUT2D eigenvalue weighted by molar-refractivity contribution is 9.10. The summed E-state index contributed by atoms with van der Waals surface area (Å²) in [5, 5.41) is 12.5. The van der Waals surface area contributed by atoms with Gasteiger partial charge in [0.05, 0.1) is 38.1 Å². The summed E-state index contributed by atoms with van der Waals surface area (Å²) >= 11 is 9.97. The van der Waals surface area contributed by atoms with Crippen molar-refractivity contribution in [2.45, 2.75) is 13.5 Å². The van der Waals surface area contributed by atoms with Crippen LogP contribution in [-0.2, 0) is 16.1 Å². The van der Waals surface area contributed by atoms with Gasteiger partial charge in [0.2, 0.25) is 0 Å². The van der Waals surface area contributed by atoms with Crippen LogP contribution in [0.2, 0.25) is 5.02 Å². The van der Waals surface area contributed by atoms with Crippen molar-refractivity contribution in [3.63, 3.8) is 0 Å². The van der Waals surface area contributed by atoms with Gasteiger partial charge in [-0.2, -0.15) is 0 Å². The van der Waals surface area contributed by atoms with Crippen LogP contribution in [0.1, 0.15) is 27.0 Å². The van der Waals surface area contributed by atoms with Gasteiger partial charge in [-0.3, -0.25) is 4.79 Å². The van der Waals surface area contributed by atoms with Crippen LogP contribution in [0.5, 0.6) is 0 Å². The number of hydrogen-bond donors (Lipinski definition) is 2. The molecule has 0 aliphatic heterocycles. The Balaban J connectivity index is 1.71. The van der Waals surface area contributed by atoms with Gasteiger partial charge in [0.15, 0.2) is 5.78 Å². The van der Waals surface area contributed by atoms with E-state index in [0.717, 1.165) is 27.0 Å². The van der Waals surface area contributed by atoms with Gasteiger partial charge in [-0.05, 0) is 48.9 Å². The van der Waals surface area contributed by atoms with Crippen molar-refractivity contribution < 1.29 is 19.4 Å². The first-order valence-corrected chi connectivity index (χ1v) is 11.4. The summed E-state index contributed by atoms with van der Waals surface area (Å²) in [5.74, 6) is -0.0965. The highest BCUT2D eigenvalue weighted by Crippen LogP contribution is 2.29. The molecular weight excluding hydrogens is 494 g/mol. The Morgan fingerprint density at radius 2 is 1.78 bits per heavy atom. The number of rotatable bonds is 11. The summed E-state index contributed by atoms with van der Waals surface area (Å²) in [4.78, 5) is 12.9. The average molecular weight is 519 g/mol. The maximum Gasteiger partial charge on any atom is 0.194 e. The Morgan fingerprint density at radius 3 is 2.53 bits per heavy atom. The molecule has 0 bridgehead atoms. The Labute approximate surface area is 201 Å². The molecule has 0 amide bonds. The van der Waals surface area contributed by atoms with Gasteiger partial charge in [-0.25, -0.2) is 0 Å². The van der Waals surface area contributed by atoms with Crippen LogP contribution in [0.4, 0.5) is 11.4 Å². The normalized spacial score (nSPS) is 10.9. The highest BCUT2D eigenvalue weighted by atomic mass is 79.9. The quantitative estimate of drug-likeness (QED) is 0.244. The molecule has 3 rings (SSSR count). The number of ether oxygens (including phenoxy) is 2. The number of halogens is 2. The molecule has 0 aliphatic rings. The summed E-state index contributed by atoms with van der Waals surface area (Å²) in [7, 11) is 0. The van der Waals surface area contributed by atoms with Crippen LogP contribution in [0.3, 0.4) is 0 Å². The standard InChI is InChI=1S/C25H25BrClNO4/c1-17-4-2-3-5-21(17)25(30)22-8-7-20(15-23(22)27)28-24-9-6-19(26)14-18(24)16-32-13-12-31-11-10-29/h2-9,14-15,28-29H,10-13,16H2,1H3. The minimum absolute atomic E-state index is 0.00238. The molecule has 0 unspecified atom stereocenters. The number of hydrogen-bond acceptors (Lipinski definition) is 5. The van der Waals surface area contributed by atoms with Gasteiger partial charge >= 0.3 is 0 Å². The lowest BCUT2D eigenvalue weighted by molar-refractivity contribution is 0.0275. The second kappa shape index (κ2) is 12.1. The lowest BCUT2D eigenvalue weighted by Crippen LogP contribution is -2.08. The molecule has 3 aromatic carbocycles. The fourth-order valence-corrected chi connectivity index (χ4v) is 3.85. The molecule has 32 heavy (non-hydrogen) atoms. The largest absolute Gasteiger partial charge is 0.394 e.